The van der Waals surface area contributed by atoms with Gasteiger partial charge in [-0.05, 0) is 54.4 Å². The number of halogens is 2. The van der Waals surface area contributed by atoms with Gasteiger partial charge in [0.1, 0.15) is 5.82 Å². The monoisotopic (exact) mass is 347 g/mol. The van der Waals surface area contributed by atoms with E-state index in [-0.39, 0.29) is 5.28 Å². The van der Waals surface area contributed by atoms with Crippen molar-refractivity contribution in [2.24, 2.45) is 0 Å². The number of anilines is 2. The molecular weight excluding hydrogens is 338 g/mol. The quantitative estimate of drug-likeness (QED) is 0.655. The lowest BCUT2D eigenvalue weighted by Gasteiger charge is -2.10. The van der Waals surface area contributed by atoms with Gasteiger partial charge >= 0.3 is 0 Å². The molecule has 0 fully saturated rings. The zero-order valence-corrected chi connectivity index (χ0v) is 13.0. The third-order valence-corrected chi connectivity index (χ3v) is 4.06. The fraction of sp³-hybridized carbons (Fsp3) is 0.0667. The van der Waals surface area contributed by atoms with E-state index in [4.69, 9.17) is 11.6 Å². The summed E-state index contributed by atoms with van der Waals surface area (Å²) in [7, 11) is 0. The standard InChI is InChI=1S/C15H11BrClN3/c1-9-8-10(6-7-12(9)16)18-14-11-4-2-3-5-13(11)19-15(17)20-14/h2-8H,1H3,(H,18,19,20). The highest BCUT2D eigenvalue weighted by molar-refractivity contribution is 9.10. The van der Waals surface area contributed by atoms with Gasteiger partial charge in [0.05, 0.1) is 5.52 Å². The molecule has 3 nitrogen and oxygen atoms in total. The molecule has 5 heteroatoms. The van der Waals surface area contributed by atoms with E-state index >= 15 is 0 Å². The second-order valence-electron chi connectivity index (χ2n) is 4.45. The van der Waals surface area contributed by atoms with E-state index in [0.29, 0.717) is 5.82 Å². The molecule has 1 aromatic heterocycles. The molecule has 0 spiro atoms. The molecule has 1 N–H and O–H groups in total. The normalized spacial score (nSPS) is 10.8. The van der Waals surface area contributed by atoms with Gasteiger partial charge in [-0.15, -0.1) is 0 Å². The topological polar surface area (TPSA) is 37.8 Å². The minimum absolute atomic E-state index is 0.236. The summed E-state index contributed by atoms with van der Waals surface area (Å²) in [5, 5.41) is 4.48. The van der Waals surface area contributed by atoms with Crippen LogP contribution in [0.2, 0.25) is 5.28 Å². The van der Waals surface area contributed by atoms with E-state index in [1.807, 2.05) is 43.3 Å². The molecule has 20 heavy (non-hydrogen) atoms. The molecule has 0 atom stereocenters. The van der Waals surface area contributed by atoms with Crippen LogP contribution in [0.25, 0.3) is 10.9 Å². The molecule has 2 aromatic carbocycles. The number of hydrogen-bond acceptors (Lipinski definition) is 3. The van der Waals surface area contributed by atoms with Crippen molar-refractivity contribution in [1.82, 2.24) is 9.97 Å². The molecule has 100 valence electrons. The van der Waals surface area contributed by atoms with Gasteiger partial charge in [-0.25, -0.2) is 4.98 Å². The third kappa shape index (κ3) is 2.62. The summed E-state index contributed by atoms with van der Waals surface area (Å²) in [6.45, 7) is 2.04. The smallest absolute Gasteiger partial charge is 0.224 e. The van der Waals surface area contributed by atoms with Crippen molar-refractivity contribution in [3.63, 3.8) is 0 Å². The zero-order valence-electron chi connectivity index (χ0n) is 10.7. The van der Waals surface area contributed by atoms with Crippen LogP contribution in [-0.4, -0.2) is 9.97 Å². The first-order valence-corrected chi connectivity index (χ1v) is 7.26. The summed E-state index contributed by atoms with van der Waals surface area (Å²) >= 11 is 9.47. The minimum atomic E-state index is 0.236. The predicted molar refractivity (Wildman–Crippen MR) is 86.7 cm³/mol. The largest absolute Gasteiger partial charge is 0.340 e. The van der Waals surface area contributed by atoms with Crippen LogP contribution in [0, 0.1) is 6.92 Å². The Hall–Kier alpha value is -1.65. The number of nitrogens with zero attached hydrogens (tertiary/aromatic N) is 2. The highest BCUT2D eigenvalue weighted by atomic mass is 79.9. The van der Waals surface area contributed by atoms with Crippen molar-refractivity contribution in [3.05, 3.63) is 57.8 Å². The molecule has 3 rings (SSSR count). The molecule has 3 aromatic rings. The average molecular weight is 349 g/mol. The first kappa shape index (κ1) is 13.3. The number of aromatic nitrogens is 2. The van der Waals surface area contributed by atoms with E-state index in [1.165, 1.54) is 0 Å². The number of nitrogens with one attached hydrogen (secondary N) is 1. The number of benzene rings is 2. The van der Waals surface area contributed by atoms with Crippen molar-refractivity contribution in [3.8, 4) is 0 Å². The van der Waals surface area contributed by atoms with Crippen LogP contribution in [0.5, 0.6) is 0 Å². The predicted octanol–water partition coefficient (Wildman–Crippen LogP) is 5.10. The molecule has 1 heterocycles. The number of para-hydroxylation sites is 1. The summed E-state index contributed by atoms with van der Waals surface area (Å²) in [6.07, 6.45) is 0. The number of fused-ring (bicyclic) bond motifs is 1. The average Bonchev–Trinajstić information content (AvgIpc) is 2.43. The Kier molecular flexibility index (Phi) is 3.59. The maximum absolute atomic E-state index is 5.98. The molecule has 0 aliphatic heterocycles. The lowest BCUT2D eigenvalue weighted by Crippen LogP contribution is -1.97. The third-order valence-electron chi connectivity index (χ3n) is 3.00. The summed E-state index contributed by atoms with van der Waals surface area (Å²) < 4.78 is 1.08. The van der Waals surface area contributed by atoms with Gasteiger partial charge in [0.15, 0.2) is 0 Å². The van der Waals surface area contributed by atoms with Gasteiger partial charge in [-0.1, -0.05) is 28.1 Å². The van der Waals surface area contributed by atoms with Gasteiger partial charge < -0.3 is 5.32 Å². The highest BCUT2D eigenvalue weighted by Crippen LogP contribution is 2.27. The summed E-state index contributed by atoms with van der Waals surface area (Å²) in [5.41, 5.74) is 2.94. The van der Waals surface area contributed by atoms with Gasteiger partial charge in [0.25, 0.3) is 0 Å². The van der Waals surface area contributed by atoms with Crippen molar-refractivity contribution < 1.29 is 0 Å². The minimum Gasteiger partial charge on any atom is -0.340 e. The lowest BCUT2D eigenvalue weighted by atomic mass is 10.2. The molecule has 0 saturated heterocycles. The molecule has 0 amide bonds. The van der Waals surface area contributed by atoms with E-state index in [1.54, 1.807) is 0 Å². The Morgan fingerprint density at radius 3 is 2.70 bits per heavy atom. The molecule has 0 saturated carbocycles. The van der Waals surface area contributed by atoms with Crippen LogP contribution in [0.1, 0.15) is 5.56 Å². The van der Waals surface area contributed by atoms with E-state index in [2.05, 4.69) is 37.3 Å². The fourth-order valence-corrected chi connectivity index (χ4v) is 2.42. The molecular formula is C15H11BrClN3. The first-order valence-electron chi connectivity index (χ1n) is 6.09. The molecule has 0 aliphatic rings. The van der Waals surface area contributed by atoms with Gasteiger partial charge in [-0.2, -0.15) is 4.98 Å². The Labute approximate surface area is 130 Å². The van der Waals surface area contributed by atoms with Gasteiger partial charge in [-0.3, -0.25) is 0 Å². The van der Waals surface area contributed by atoms with Crippen LogP contribution in [-0.2, 0) is 0 Å². The molecule has 0 unspecified atom stereocenters. The highest BCUT2D eigenvalue weighted by Gasteiger charge is 2.07. The second-order valence-corrected chi connectivity index (χ2v) is 5.64. The summed E-state index contributed by atoms with van der Waals surface area (Å²) in [6, 6.07) is 13.8. The zero-order chi connectivity index (χ0) is 14.1. The van der Waals surface area contributed by atoms with Crippen molar-refractivity contribution in [2.45, 2.75) is 6.92 Å². The Bertz CT molecular complexity index is 789. The van der Waals surface area contributed by atoms with E-state index in [0.717, 1.165) is 26.6 Å². The number of hydrogen-bond donors (Lipinski definition) is 1. The van der Waals surface area contributed by atoms with Crippen LogP contribution >= 0.6 is 27.5 Å². The molecule has 0 radical (unpaired) electrons. The van der Waals surface area contributed by atoms with Crippen molar-refractivity contribution >= 4 is 49.9 Å². The number of aryl methyl sites for hydroxylation is 1. The number of rotatable bonds is 2. The van der Waals surface area contributed by atoms with Crippen molar-refractivity contribution in [1.29, 1.82) is 0 Å². The second kappa shape index (κ2) is 5.38. The van der Waals surface area contributed by atoms with E-state index < -0.39 is 0 Å². The maximum atomic E-state index is 5.98. The Balaban J connectivity index is 2.07. The Morgan fingerprint density at radius 1 is 1.10 bits per heavy atom. The summed E-state index contributed by atoms with van der Waals surface area (Å²) in [4.78, 5) is 8.50. The van der Waals surface area contributed by atoms with Gasteiger partial charge in [0, 0.05) is 15.5 Å². The van der Waals surface area contributed by atoms with Crippen LogP contribution < -0.4 is 5.32 Å². The van der Waals surface area contributed by atoms with E-state index in [9.17, 15) is 0 Å². The fourth-order valence-electron chi connectivity index (χ4n) is 2.00. The molecule has 0 bridgehead atoms. The summed E-state index contributed by atoms with van der Waals surface area (Å²) in [5.74, 6) is 0.710. The van der Waals surface area contributed by atoms with Gasteiger partial charge in [0.2, 0.25) is 5.28 Å². The van der Waals surface area contributed by atoms with Crippen LogP contribution in [0.3, 0.4) is 0 Å². The Morgan fingerprint density at radius 2 is 1.90 bits per heavy atom. The van der Waals surface area contributed by atoms with Crippen LogP contribution in [0.15, 0.2) is 46.9 Å². The maximum Gasteiger partial charge on any atom is 0.224 e. The first-order chi connectivity index (χ1) is 9.63. The lowest BCUT2D eigenvalue weighted by molar-refractivity contribution is 1.22. The van der Waals surface area contributed by atoms with Crippen molar-refractivity contribution in [2.75, 3.05) is 5.32 Å². The van der Waals surface area contributed by atoms with Crippen LogP contribution in [0.4, 0.5) is 11.5 Å². The SMILES string of the molecule is Cc1cc(Nc2nc(Cl)nc3ccccc23)ccc1Br. The molecule has 0 aliphatic carbocycles.